The summed E-state index contributed by atoms with van der Waals surface area (Å²) >= 11 is 6.09. The zero-order valence-electron chi connectivity index (χ0n) is 20.2. The first kappa shape index (κ1) is 25.3. The van der Waals surface area contributed by atoms with Gasteiger partial charge in [-0.3, -0.25) is 9.59 Å². The number of alkyl carbamates (subject to hydrolysis) is 1. The van der Waals surface area contributed by atoms with Gasteiger partial charge in [-0.15, -0.1) is 0 Å². The first-order chi connectivity index (χ1) is 16.6. The fraction of sp³-hybridized carbons (Fsp3) is 0.615. The van der Waals surface area contributed by atoms with Crippen LogP contribution in [-0.2, 0) is 19.7 Å². The predicted molar refractivity (Wildman–Crippen MR) is 130 cm³/mol. The molecule has 3 atom stereocenters. The largest absolute Gasteiger partial charge is 0.449 e. The molecule has 0 unspecified atom stereocenters. The monoisotopic (exact) mass is 500 g/mol. The minimum atomic E-state index is -0.799. The van der Waals surface area contributed by atoms with Crippen molar-refractivity contribution in [1.82, 2.24) is 16.0 Å². The van der Waals surface area contributed by atoms with Crippen molar-refractivity contribution in [3.63, 3.8) is 0 Å². The van der Waals surface area contributed by atoms with E-state index in [1.807, 2.05) is 32.0 Å². The summed E-state index contributed by atoms with van der Waals surface area (Å²) in [7, 11) is 0. The third kappa shape index (κ3) is 6.66. The zero-order valence-corrected chi connectivity index (χ0v) is 21.0. The summed E-state index contributed by atoms with van der Waals surface area (Å²) in [5, 5.41) is 18.7. The molecular weight excluding hydrogens is 468 g/mol. The van der Waals surface area contributed by atoms with Gasteiger partial charge < -0.3 is 20.7 Å². The number of nitrogens with one attached hydrogen (secondary N) is 3. The molecule has 3 aliphatic rings. The van der Waals surface area contributed by atoms with Crippen molar-refractivity contribution in [2.24, 2.45) is 11.8 Å². The highest BCUT2D eigenvalue weighted by atomic mass is 35.5. The predicted octanol–water partition coefficient (Wildman–Crippen LogP) is 3.58. The number of hydrogen-bond donors (Lipinski definition) is 3. The topological polar surface area (TPSA) is 120 Å². The number of benzene rings is 1. The van der Waals surface area contributed by atoms with E-state index < -0.39 is 29.5 Å². The minimum Gasteiger partial charge on any atom is -0.449 e. The van der Waals surface area contributed by atoms with Crippen molar-refractivity contribution in [3.8, 4) is 6.07 Å². The Bertz CT molecular complexity index is 1030. The normalized spacial score (nSPS) is 22.0. The van der Waals surface area contributed by atoms with Crippen LogP contribution in [0.5, 0.6) is 0 Å². The van der Waals surface area contributed by atoms with Crippen molar-refractivity contribution in [3.05, 3.63) is 34.9 Å². The van der Waals surface area contributed by atoms with Crippen LogP contribution in [0.3, 0.4) is 0 Å². The number of ether oxygens (including phenoxy) is 1. The van der Waals surface area contributed by atoms with Crippen molar-refractivity contribution in [2.75, 3.05) is 6.61 Å². The fourth-order valence-corrected chi connectivity index (χ4v) is 4.88. The Hall–Kier alpha value is -2.79. The number of carbonyl (C=O) groups excluding carboxylic acids is 3. The molecule has 9 heteroatoms. The molecule has 1 spiro atoms. The molecule has 1 aromatic carbocycles. The van der Waals surface area contributed by atoms with Gasteiger partial charge in [0, 0.05) is 21.9 Å². The second-order valence-corrected chi connectivity index (χ2v) is 11.4. The Kier molecular flexibility index (Phi) is 7.27. The second kappa shape index (κ2) is 10.1. The van der Waals surface area contributed by atoms with Crippen molar-refractivity contribution < 1.29 is 19.1 Å². The van der Waals surface area contributed by atoms with E-state index in [-0.39, 0.29) is 30.4 Å². The van der Waals surface area contributed by atoms with Crippen LogP contribution < -0.4 is 16.0 Å². The molecule has 0 bridgehead atoms. The fourth-order valence-electron chi connectivity index (χ4n) is 4.69. The maximum atomic E-state index is 13.0. The molecular formula is C26H33ClN4O4. The van der Waals surface area contributed by atoms with Crippen LogP contribution in [0.2, 0.25) is 5.02 Å². The summed E-state index contributed by atoms with van der Waals surface area (Å²) in [4.78, 5) is 37.9. The van der Waals surface area contributed by atoms with Gasteiger partial charge in [-0.25, -0.2) is 4.79 Å². The highest BCUT2D eigenvalue weighted by Gasteiger charge is 2.52. The first-order valence-electron chi connectivity index (χ1n) is 12.3. The lowest BCUT2D eigenvalue weighted by Gasteiger charge is -2.26. The highest BCUT2D eigenvalue weighted by Crippen LogP contribution is 2.46. The van der Waals surface area contributed by atoms with Crippen LogP contribution in [0.1, 0.15) is 64.4 Å². The van der Waals surface area contributed by atoms with E-state index in [1.165, 1.54) is 0 Å². The van der Waals surface area contributed by atoms with Gasteiger partial charge in [0.15, 0.2) is 0 Å². The third-order valence-electron chi connectivity index (χ3n) is 7.29. The molecule has 2 saturated carbocycles. The average molecular weight is 501 g/mol. The number of nitrogens with zero attached hydrogens (tertiary/aromatic N) is 1. The Labute approximate surface area is 211 Å². The molecule has 0 radical (unpaired) electrons. The van der Waals surface area contributed by atoms with E-state index in [2.05, 4.69) is 22.0 Å². The van der Waals surface area contributed by atoms with Gasteiger partial charge in [0.05, 0.1) is 6.07 Å². The van der Waals surface area contributed by atoms with Crippen LogP contribution >= 0.6 is 11.6 Å². The van der Waals surface area contributed by atoms with Crippen molar-refractivity contribution in [2.45, 2.75) is 81.8 Å². The van der Waals surface area contributed by atoms with Gasteiger partial charge in [0.1, 0.15) is 18.7 Å². The SMILES string of the molecule is CC(C)(COC(=O)N[C@@H](CC1CC1)C(=O)N[C@H](C#N)C[C@@H]1CC2(CC2)NC1=O)c1cccc(Cl)c1. The van der Waals surface area contributed by atoms with E-state index in [9.17, 15) is 19.6 Å². The molecule has 8 nitrogen and oxygen atoms in total. The molecule has 188 valence electrons. The lowest BCUT2D eigenvalue weighted by atomic mass is 9.86. The average Bonchev–Trinajstić information content (AvgIpc) is 3.73. The van der Waals surface area contributed by atoms with Gasteiger partial charge in [0.25, 0.3) is 0 Å². The van der Waals surface area contributed by atoms with Gasteiger partial charge in [0.2, 0.25) is 11.8 Å². The molecule has 0 aromatic heterocycles. The molecule has 3 fully saturated rings. The van der Waals surface area contributed by atoms with E-state index in [0.29, 0.717) is 23.8 Å². The van der Waals surface area contributed by atoms with Gasteiger partial charge in [-0.1, -0.05) is 50.4 Å². The summed E-state index contributed by atoms with van der Waals surface area (Å²) in [6, 6.07) is 7.90. The molecule has 3 N–H and O–H groups in total. The Morgan fingerprint density at radius 3 is 2.63 bits per heavy atom. The van der Waals surface area contributed by atoms with Crippen LogP contribution in [0.4, 0.5) is 4.79 Å². The molecule has 2 aliphatic carbocycles. The molecule has 1 aromatic rings. The maximum Gasteiger partial charge on any atom is 0.407 e. The van der Waals surface area contributed by atoms with E-state index in [1.54, 1.807) is 6.07 Å². The number of hydrogen-bond acceptors (Lipinski definition) is 5. The minimum absolute atomic E-state index is 0.0458. The molecule has 4 rings (SSSR count). The third-order valence-corrected chi connectivity index (χ3v) is 7.52. The van der Waals surface area contributed by atoms with Crippen LogP contribution in [0, 0.1) is 23.2 Å². The smallest absolute Gasteiger partial charge is 0.407 e. The van der Waals surface area contributed by atoms with Gasteiger partial charge in [-0.05, 0) is 55.7 Å². The summed E-state index contributed by atoms with van der Waals surface area (Å²) in [6.45, 7) is 4.00. The summed E-state index contributed by atoms with van der Waals surface area (Å²) in [6.07, 6.45) is 4.75. The molecule has 3 amide bonds. The van der Waals surface area contributed by atoms with Gasteiger partial charge in [-0.2, -0.15) is 5.26 Å². The van der Waals surface area contributed by atoms with Gasteiger partial charge >= 0.3 is 6.09 Å². The van der Waals surface area contributed by atoms with Crippen molar-refractivity contribution >= 4 is 29.5 Å². The summed E-state index contributed by atoms with van der Waals surface area (Å²) in [5.74, 6) is -0.384. The van der Waals surface area contributed by atoms with Crippen LogP contribution in [-0.4, -0.2) is 42.1 Å². The van der Waals surface area contributed by atoms with E-state index in [0.717, 1.165) is 31.2 Å². The quantitative estimate of drug-likeness (QED) is 0.453. The number of nitriles is 1. The molecule has 1 saturated heterocycles. The summed E-state index contributed by atoms with van der Waals surface area (Å²) < 4.78 is 5.48. The standard InChI is InChI=1S/C26H33ClN4O4/c1-25(2,18-4-3-5-19(27)12-18)15-35-24(34)30-21(10-16-6-7-16)23(33)29-20(14-28)11-17-13-26(8-9-26)31-22(17)32/h3-5,12,16-17,20-21H,6-11,13,15H2,1-2H3,(H,29,33)(H,30,34)(H,31,32)/t17-,20+,21+/m1/s1. The maximum absolute atomic E-state index is 13.0. The molecule has 35 heavy (non-hydrogen) atoms. The Morgan fingerprint density at radius 1 is 1.29 bits per heavy atom. The number of carbonyl (C=O) groups is 3. The lowest BCUT2D eigenvalue weighted by molar-refractivity contribution is -0.125. The Balaban J connectivity index is 1.31. The van der Waals surface area contributed by atoms with E-state index >= 15 is 0 Å². The molecule has 1 heterocycles. The van der Waals surface area contributed by atoms with Crippen LogP contribution in [0.25, 0.3) is 0 Å². The highest BCUT2D eigenvalue weighted by molar-refractivity contribution is 6.30. The number of amides is 3. The summed E-state index contributed by atoms with van der Waals surface area (Å²) in [5.41, 5.74) is 0.388. The zero-order chi connectivity index (χ0) is 25.2. The lowest BCUT2D eigenvalue weighted by Crippen LogP contribution is -2.50. The first-order valence-corrected chi connectivity index (χ1v) is 12.7. The number of halogens is 1. The molecule has 1 aliphatic heterocycles. The van der Waals surface area contributed by atoms with Crippen molar-refractivity contribution in [1.29, 1.82) is 5.26 Å². The van der Waals surface area contributed by atoms with Crippen LogP contribution in [0.15, 0.2) is 24.3 Å². The Morgan fingerprint density at radius 2 is 2.03 bits per heavy atom. The number of rotatable bonds is 10. The van der Waals surface area contributed by atoms with E-state index in [4.69, 9.17) is 16.3 Å². The second-order valence-electron chi connectivity index (χ2n) is 10.9.